The molecule has 0 aromatic heterocycles. The molecule has 0 aliphatic carbocycles. The van der Waals surface area contributed by atoms with Crippen LogP contribution in [0.5, 0.6) is 5.75 Å². The number of rotatable bonds is 4. The molecule has 1 aromatic carbocycles. The Hall–Kier alpha value is -1.26. The maximum absolute atomic E-state index is 12.3. The highest BCUT2D eigenvalue weighted by molar-refractivity contribution is 5.85. The largest absolute Gasteiger partial charge is 0.496 e. The summed E-state index contributed by atoms with van der Waals surface area (Å²) >= 11 is 0. The van der Waals surface area contributed by atoms with Crippen LogP contribution in [0, 0.1) is 12.8 Å². The van der Waals surface area contributed by atoms with Crippen molar-refractivity contribution in [3.05, 3.63) is 29.3 Å². The third kappa shape index (κ3) is 4.61. The summed E-state index contributed by atoms with van der Waals surface area (Å²) in [5.41, 5.74) is 2.20. The minimum absolute atomic E-state index is 0. The second-order valence-corrected chi connectivity index (χ2v) is 5.52. The van der Waals surface area contributed by atoms with Crippen LogP contribution in [0.4, 0.5) is 0 Å². The van der Waals surface area contributed by atoms with E-state index < -0.39 is 0 Å². The van der Waals surface area contributed by atoms with E-state index in [0.29, 0.717) is 0 Å². The van der Waals surface area contributed by atoms with E-state index in [0.717, 1.165) is 37.2 Å². The highest BCUT2D eigenvalue weighted by atomic mass is 35.5. The number of halogens is 1. The van der Waals surface area contributed by atoms with Crippen LogP contribution < -0.4 is 15.4 Å². The Balaban J connectivity index is 0.00000220. The molecular formula is C16H25ClN2O2. The van der Waals surface area contributed by atoms with E-state index in [9.17, 15) is 4.79 Å². The third-order valence-corrected chi connectivity index (χ3v) is 3.88. The molecule has 1 fully saturated rings. The number of aryl methyl sites for hydroxylation is 1. The summed E-state index contributed by atoms with van der Waals surface area (Å²) < 4.78 is 5.38. The smallest absolute Gasteiger partial charge is 0.224 e. The zero-order valence-corrected chi connectivity index (χ0v) is 13.8. The molecule has 21 heavy (non-hydrogen) atoms. The SMILES string of the molecule is COc1ccc(C)cc1C(C)NC(=O)C1CCCNC1.Cl. The summed E-state index contributed by atoms with van der Waals surface area (Å²) in [6, 6.07) is 6.00. The minimum atomic E-state index is -0.0423. The van der Waals surface area contributed by atoms with E-state index in [-0.39, 0.29) is 30.3 Å². The lowest BCUT2D eigenvalue weighted by Gasteiger charge is -2.25. The predicted octanol–water partition coefficient (Wildman–Crippen LogP) is 2.60. The zero-order chi connectivity index (χ0) is 14.5. The van der Waals surface area contributed by atoms with Crippen molar-refractivity contribution >= 4 is 18.3 Å². The molecule has 2 unspecified atom stereocenters. The van der Waals surface area contributed by atoms with Crippen molar-refractivity contribution in [1.29, 1.82) is 0 Å². The number of benzene rings is 1. The summed E-state index contributed by atoms with van der Waals surface area (Å²) in [6.45, 7) is 5.85. The minimum Gasteiger partial charge on any atom is -0.496 e. The molecule has 0 spiro atoms. The fourth-order valence-corrected chi connectivity index (χ4v) is 2.68. The Morgan fingerprint density at radius 3 is 2.86 bits per heavy atom. The quantitative estimate of drug-likeness (QED) is 0.898. The topological polar surface area (TPSA) is 50.4 Å². The molecule has 1 aliphatic heterocycles. The number of nitrogens with one attached hydrogen (secondary N) is 2. The van der Waals surface area contributed by atoms with Crippen LogP contribution in [0.3, 0.4) is 0 Å². The first kappa shape index (κ1) is 17.8. The number of ether oxygens (including phenoxy) is 1. The van der Waals surface area contributed by atoms with E-state index >= 15 is 0 Å². The van der Waals surface area contributed by atoms with E-state index in [1.54, 1.807) is 7.11 Å². The fourth-order valence-electron chi connectivity index (χ4n) is 2.68. The second-order valence-electron chi connectivity index (χ2n) is 5.52. The lowest BCUT2D eigenvalue weighted by atomic mass is 9.97. The third-order valence-electron chi connectivity index (χ3n) is 3.88. The molecule has 4 nitrogen and oxygen atoms in total. The van der Waals surface area contributed by atoms with Gasteiger partial charge >= 0.3 is 0 Å². The molecule has 1 saturated heterocycles. The van der Waals surface area contributed by atoms with Crippen molar-refractivity contribution < 1.29 is 9.53 Å². The average Bonchev–Trinajstić information content (AvgIpc) is 2.48. The predicted molar refractivity (Wildman–Crippen MR) is 87.1 cm³/mol. The number of piperidine rings is 1. The molecule has 2 atom stereocenters. The molecular weight excluding hydrogens is 288 g/mol. The van der Waals surface area contributed by atoms with Gasteiger partial charge in [-0.1, -0.05) is 17.7 Å². The van der Waals surface area contributed by atoms with Gasteiger partial charge in [0.2, 0.25) is 5.91 Å². The van der Waals surface area contributed by atoms with Gasteiger partial charge in [0.15, 0.2) is 0 Å². The van der Waals surface area contributed by atoms with Gasteiger partial charge in [0.1, 0.15) is 5.75 Å². The van der Waals surface area contributed by atoms with Crippen LogP contribution in [0.15, 0.2) is 18.2 Å². The highest BCUT2D eigenvalue weighted by Crippen LogP contribution is 2.26. The zero-order valence-electron chi connectivity index (χ0n) is 12.9. The van der Waals surface area contributed by atoms with Gasteiger partial charge in [-0.25, -0.2) is 0 Å². The first-order valence-corrected chi connectivity index (χ1v) is 7.27. The number of amides is 1. The first-order valence-electron chi connectivity index (χ1n) is 7.27. The first-order chi connectivity index (χ1) is 9.61. The van der Waals surface area contributed by atoms with Crippen LogP contribution in [0.25, 0.3) is 0 Å². The summed E-state index contributed by atoms with van der Waals surface area (Å²) in [6.07, 6.45) is 2.04. The van der Waals surface area contributed by atoms with Crippen molar-refractivity contribution in [3.63, 3.8) is 0 Å². The van der Waals surface area contributed by atoms with Gasteiger partial charge < -0.3 is 15.4 Å². The summed E-state index contributed by atoms with van der Waals surface area (Å²) in [5, 5.41) is 6.38. The maximum Gasteiger partial charge on any atom is 0.224 e. The normalized spacial score (nSPS) is 19.3. The molecule has 2 N–H and O–H groups in total. The summed E-state index contributed by atoms with van der Waals surface area (Å²) in [7, 11) is 1.66. The average molecular weight is 313 g/mol. The number of carbonyl (C=O) groups excluding carboxylic acids is 1. The van der Waals surface area contributed by atoms with Gasteiger partial charge in [-0.15, -0.1) is 12.4 Å². The Morgan fingerprint density at radius 2 is 2.24 bits per heavy atom. The number of hydrogen-bond acceptors (Lipinski definition) is 3. The van der Waals surface area contributed by atoms with E-state index in [4.69, 9.17) is 4.74 Å². The van der Waals surface area contributed by atoms with Gasteiger partial charge in [0.05, 0.1) is 19.1 Å². The molecule has 1 amide bonds. The van der Waals surface area contributed by atoms with Crippen molar-refractivity contribution in [1.82, 2.24) is 10.6 Å². The number of methoxy groups -OCH3 is 1. The maximum atomic E-state index is 12.3. The van der Waals surface area contributed by atoms with Crippen LogP contribution in [0.1, 0.15) is 36.9 Å². The van der Waals surface area contributed by atoms with Crippen LogP contribution >= 0.6 is 12.4 Å². The number of hydrogen-bond donors (Lipinski definition) is 2. The fraction of sp³-hybridized carbons (Fsp3) is 0.562. The van der Waals surface area contributed by atoms with Gasteiger partial charge in [-0.3, -0.25) is 4.79 Å². The summed E-state index contributed by atoms with van der Waals surface area (Å²) in [4.78, 5) is 12.3. The molecule has 1 aromatic rings. The van der Waals surface area contributed by atoms with Gasteiger partial charge in [0.25, 0.3) is 0 Å². The number of carbonyl (C=O) groups is 1. The molecule has 2 rings (SSSR count). The van der Waals surface area contributed by atoms with E-state index in [2.05, 4.69) is 16.7 Å². The van der Waals surface area contributed by atoms with Gasteiger partial charge in [-0.2, -0.15) is 0 Å². The van der Waals surface area contributed by atoms with E-state index in [1.165, 1.54) is 5.56 Å². The Kier molecular flexibility index (Phi) is 6.99. The summed E-state index contributed by atoms with van der Waals surface area (Å²) in [5.74, 6) is 1.04. The molecule has 118 valence electrons. The molecule has 1 heterocycles. The standard InChI is InChI=1S/C16H24N2O2.ClH/c1-11-6-7-15(20-3)14(9-11)12(2)18-16(19)13-5-4-8-17-10-13;/h6-7,9,12-13,17H,4-5,8,10H2,1-3H3,(H,18,19);1H. The molecule has 0 saturated carbocycles. The van der Waals surface area contributed by atoms with Crippen molar-refractivity contribution in [3.8, 4) is 5.75 Å². The molecule has 5 heteroatoms. The van der Waals surface area contributed by atoms with Crippen molar-refractivity contribution in [2.24, 2.45) is 5.92 Å². The molecule has 0 bridgehead atoms. The van der Waals surface area contributed by atoms with Crippen molar-refractivity contribution in [2.45, 2.75) is 32.7 Å². The van der Waals surface area contributed by atoms with Crippen LogP contribution in [-0.4, -0.2) is 26.1 Å². The Labute approximate surface area is 133 Å². The lowest BCUT2D eigenvalue weighted by molar-refractivity contribution is -0.126. The lowest BCUT2D eigenvalue weighted by Crippen LogP contribution is -2.41. The second kappa shape index (κ2) is 8.25. The van der Waals surface area contributed by atoms with Crippen LogP contribution in [-0.2, 0) is 4.79 Å². The Bertz CT molecular complexity index is 473. The highest BCUT2D eigenvalue weighted by Gasteiger charge is 2.23. The molecule has 0 radical (unpaired) electrons. The van der Waals surface area contributed by atoms with Gasteiger partial charge in [-0.05, 0) is 39.3 Å². The molecule has 1 aliphatic rings. The van der Waals surface area contributed by atoms with E-state index in [1.807, 2.05) is 26.0 Å². The van der Waals surface area contributed by atoms with Crippen LogP contribution in [0.2, 0.25) is 0 Å². The monoisotopic (exact) mass is 312 g/mol. The van der Waals surface area contributed by atoms with Crippen molar-refractivity contribution in [2.75, 3.05) is 20.2 Å². The Morgan fingerprint density at radius 1 is 1.48 bits per heavy atom. The van der Waals surface area contributed by atoms with Gasteiger partial charge in [0, 0.05) is 12.1 Å².